The van der Waals surface area contributed by atoms with Crippen LogP contribution in [0, 0.1) is 11.3 Å². The summed E-state index contributed by atoms with van der Waals surface area (Å²) < 4.78 is 11.1. The van der Waals surface area contributed by atoms with Crippen molar-refractivity contribution in [2.24, 2.45) is 0 Å². The molecule has 5 nitrogen and oxygen atoms in total. The van der Waals surface area contributed by atoms with Crippen LogP contribution in [-0.2, 0) is 0 Å². The van der Waals surface area contributed by atoms with E-state index in [0.29, 0.717) is 19.0 Å². The van der Waals surface area contributed by atoms with Gasteiger partial charge in [0.1, 0.15) is 25.0 Å². The summed E-state index contributed by atoms with van der Waals surface area (Å²) in [5.41, 5.74) is 1.85. The van der Waals surface area contributed by atoms with Gasteiger partial charge in [-0.15, -0.1) is 0 Å². The van der Waals surface area contributed by atoms with Crippen molar-refractivity contribution in [3.63, 3.8) is 0 Å². The Balaban J connectivity index is 1.92. The van der Waals surface area contributed by atoms with Gasteiger partial charge in [-0.25, -0.2) is 4.98 Å². The normalized spacial score (nSPS) is 14.6. The highest BCUT2D eigenvalue weighted by Gasteiger charge is 2.15. The van der Waals surface area contributed by atoms with E-state index in [9.17, 15) is 0 Å². The zero-order valence-corrected chi connectivity index (χ0v) is 11.2. The fourth-order valence-corrected chi connectivity index (χ4v) is 2.22. The monoisotopic (exact) mass is 269 g/mol. The Bertz CT molecular complexity index is 657. The number of aromatic amines is 1. The van der Waals surface area contributed by atoms with Gasteiger partial charge in [-0.05, 0) is 24.6 Å². The summed E-state index contributed by atoms with van der Waals surface area (Å²) >= 11 is 0. The highest BCUT2D eigenvalue weighted by molar-refractivity contribution is 5.64. The van der Waals surface area contributed by atoms with Crippen LogP contribution >= 0.6 is 0 Å². The number of nitriles is 1. The van der Waals surface area contributed by atoms with Gasteiger partial charge >= 0.3 is 0 Å². The van der Waals surface area contributed by atoms with Crippen LogP contribution in [-0.4, -0.2) is 23.2 Å². The SMILES string of the molecule is CCC(C#N)c1ncc(-c2ccc3c(c2)OCCO3)[nH]1. The van der Waals surface area contributed by atoms with Crippen molar-refractivity contribution in [2.75, 3.05) is 13.2 Å². The molecule has 3 rings (SSSR count). The van der Waals surface area contributed by atoms with Gasteiger partial charge in [-0.2, -0.15) is 5.26 Å². The number of fused-ring (bicyclic) bond motifs is 1. The molecule has 1 aromatic carbocycles. The van der Waals surface area contributed by atoms with Crippen LogP contribution in [0.3, 0.4) is 0 Å². The van der Waals surface area contributed by atoms with Crippen LogP contribution < -0.4 is 9.47 Å². The fourth-order valence-electron chi connectivity index (χ4n) is 2.22. The first-order chi connectivity index (χ1) is 9.81. The standard InChI is InChI=1S/C15H15N3O2/c1-2-10(8-16)15-17-9-12(18-15)11-3-4-13-14(7-11)20-6-5-19-13/h3-4,7,9-10H,2,5-6H2,1H3,(H,17,18). The lowest BCUT2D eigenvalue weighted by atomic mass is 10.1. The third-order valence-corrected chi connectivity index (χ3v) is 3.34. The third kappa shape index (κ3) is 2.21. The number of nitrogens with zero attached hydrogens (tertiary/aromatic N) is 2. The number of hydrogen-bond acceptors (Lipinski definition) is 4. The molecule has 0 radical (unpaired) electrons. The minimum absolute atomic E-state index is 0.194. The first-order valence-corrected chi connectivity index (χ1v) is 6.66. The number of H-pyrrole nitrogens is 1. The van der Waals surface area contributed by atoms with Crippen molar-refractivity contribution in [1.82, 2.24) is 9.97 Å². The molecule has 0 saturated heterocycles. The van der Waals surface area contributed by atoms with Crippen molar-refractivity contribution >= 4 is 0 Å². The van der Waals surface area contributed by atoms with Crippen molar-refractivity contribution in [2.45, 2.75) is 19.3 Å². The molecule has 5 heteroatoms. The summed E-state index contributed by atoms with van der Waals surface area (Å²) in [5.74, 6) is 2.03. The zero-order chi connectivity index (χ0) is 13.9. The third-order valence-electron chi connectivity index (χ3n) is 3.34. The molecule has 0 bridgehead atoms. The lowest BCUT2D eigenvalue weighted by Crippen LogP contribution is -2.15. The summed E-state index contributed by atoms with van der Waals surface area (Å²) in [6.07, 6.45) is 2.49. The van der Waals surface area contributed by atoms with Crippen molar-refractivity contribution < 1.29 is 9.47 Å². The Labute approximate surface area is 117 Å². The zero-order valence-electron chi connectivity index (χ0n) is 11.2. The highest BCUT2D eigenvalue weighted by atomic mass is 16.6. The molecule has 0 fully saturated rings. The Morgan fingerprint density at radius 1 is 1.35 bits per heavy atom. The van der Waals surface area contributed by atoms with E-state index >= 15 is 0 Å². The molecular formula is C15H15N3O2. The van der Waals surface area contributed by atoms with Gasteiger partial charge in [0.2, 0.25) is 0 Å². The van der Waals surface area contributed by atoms with Crippen molar-refractivity contribution in [3.8, 4) is 28.8 Å². The Kier molecular flexibility index (Phi) is 3.30. The quantitative estimate of drug-likeness (QED) is 0.930. The molecule has 0 aliphatic carbocycles. The predicted octanol–water partition coefficient (Wildman–Crippen LogP) is 2.87. The smallest absolute Gasteiger partial charge is 0.162 e. The van der Waals surface area contributed by atoms with Gasteiger partial charge < -0.3 is 14.5 Å². The maximum Gasteiger partial charge on any atom is 0.162 e. The summed E-state index contributed by atoms with van der Waals surface area (Å²) in [6.45, 7) is 3.12. The molecular weight excluding hydrogens is 254 g/mol. The van der Waals surface area contributed by atoms with Crippen LogP contribution in [0.15, 0.2) is 24.4 Å². The maximum absolute atomic E-state index is 9.07. The number of nitrogens with one attached hydrogen (secondary N) is 1. The minimum atomic E-state index is -0.194. The Morgan fingerprint density at radius 2 is 2.15 bits per heavy atom. The average molecular weight is 269 g/mol. The number of rotatable bonds is 3. The number of aromatic nitrogens is 2. The largest absolute Gasteiger partial charge is 0.486 e. The second-order valence-corrected chi connectivity index (χ2v) is 4.63. The maximum atomic E-state index is 9.07. The van der Waals surface area contributed by atoms with Gasteiger partial charge in [-0.1, -0.05) is 6.92 Å². The first-order valence-electron chi connectivity index (χ1n) is 6.66. The van der Waals surface area contributed by atoms with E-state index in [1.807, 2.05) is 25.1 Å². The molecule has 0 saturated carbocycles. The number of benzene rings is 1. The Morgan fingerprint density at radius 3 is 2.90 bits per heavy atom. The molecule has 0 spiro atoms. The molecule has 1 aromatic heterocycles. The molecule has 2 aromatic rings. The van der Waals surface area contributed by atoms with Gasteiger partial charge in [0.15, 0.2) is 11.5 Å². The topological polar surface area (TPSA) is 70.9 Å². The summed E-state index contributed by atoms with van der Waals surface area (Å²) in [6, 6.07) is 8.03. The molecule has 1 aliphatic rings. The molecule has 1 atom stereocenters. The van der Waals surface area contributed by atoms with E-state index in [4.69, 9.17) is 14.7 Å². The summed E-state index contributed by atoms with van der Waals surface area (Å²) in [4.78, 5) is 7.50. The fraction of sp³-hybridized carbons (Fsp3) is 0.333. The van der Waals surface area contributed by atoms with Crippen molar-refractivity contribution in [1.29, 1.82) is 5.26 Å². The molecule has 2 heterocycles. The molecule has 1 unspecified atom stereocenters. The van der Waals surface area contributed by atoms with Gasteiger partial charge in [0.25, 0.3) is 0 Å². The second-order valence-electron chi connectivity index (χ2n) is 4.63. The van der Waals surface area contributed by atoms with Gasteiger partial charge in [0, 0.05) is 5.56 Å². The van der Waals surface area contributed by atoms with Gasteiger partial charge in [0.05, 0.1) is 18.0 Å². The molecule has 20 heavy (non-hydrogen) atoms. The van der Waals surface area contributed by atoms with E-state index in [0.717, 1.165) is 29.2 Å². The van der Waals surface area contributed by atoms with E-state index in [2.05, 4.69) is 16.0 Å². The van der Waals surface area contributed by atoms with Gasteiger partial charge in [-0.3, -0.25) is 0 Å². The van der Waals surface area contributed by atoms with Crippen LogP contribution in [0.5, 0.6) is 11.5 Å². The molecule has 1 N–H and O–H groups in total. The number of imidazole rings is 1. The van der Waals surface area contributed by atoms with Crippen LogP contribution in [0.25, 0.3) is 11.3 Å². The number of hydrogen-bond donors (Lipinski definition) is 1. The summed E-state index contributed by atoms with van der Waals surface area (Å²) in [7, 11) is 0. The number of ether oxygens (including phenoxy) is 2. The van der Waals surface area contributed by atoms with E-state index in [1.54, 1.807) is 6.20 Å². The molecule has 0 amide bonds. The van der Waals surface area contributed by atoms with E-state index < -0.39 is 0 Å². The lowest BCUT2D eigenvalue weighted by Gasteiger charge is -2.18. The average Bonchev–Trinajstić information content (AvgIpc) is 2.98. The van der Waals surface area contributed by atoms with Crippen LogP contribution in [0.2, 0.25) is 0 Å². The summed E-state index contributed by atoms with van der Waals surface area (Å²) in [5, 5.41) is 9.07. The van der Waals surface area contributed by atoms with Crippen LogP contribution in [0.4, 0.5) is 0 Å². The molecule has 1 aliphatic heterocycles. The second kappa shape index (κ2) is 5.25. The molecule has 102 valence electrons. The van der Waals surface area contributed by atoms with Crippen molar-refractivity contribution in [3.05, 3.63) is 30.2 Å². The highest BCUT2D eigenvalue weighted by Crippen LogP contribution is 2.34. The van der Waals surface area contributed by atoms with E-state index in [1.165, 1.54) is 0 Å². The minimum Gasteiger partial charge on any atom is -0.486 e. The Hall–Kier alpha value is -2.48. The predicted molar refractivity (Wildman–Crippen MR) is 73.7 cm³/mol. The van der Waals surface area contributed by atoms with Crippen LogP contribution in [0.1, 0.15) is 25.1 Å². The lowest BCUT2D eigenvalue weighted by molar-refractivity contribution is 0.171. The van der Waals surface area contributed by atoms with E-state index in [-0.39, 0.29) is 5.92 Å². The first kappa shape index (κ1) is 12.5.